The molecule has 0 spiro atoms. The third kappa shape index (κ3) is 3.81. The number of amides is 1. The second kappa shape index (κ2) is 7.11. The number of alkyl halides is 2. The molecule has 1 aromatic rings. The number of benzene rings is 1. The predicted molar refractivity (Wildman–Crippen MR) is 99.9 cm³/mol. The lowest BCUT2D eigenvalue weighted by molar-refractivity contribution is -0.125. The van der Waals surface area contributed by atoms with Gasteiger partial charge >= 0.3 is 0 Å². The van der Waals surface area contributed by atoms with Crippen molar-refractivity contribution >= 4 is 34.8 Å². The maximum absolute atomic E-state index is 12.1. The van der Waals surface area contributed by atoms with Gasteiger partial charge in [0.25, 0.3) is 0 Å². The monoisotopic (exact) mass is 369 g/mol. The molecule has 1 atom stereocenters. The Kier molecular flexibility index (Phi) is 5.28. The summed E-state index contributed by atoms with van der Waals surface area (Å²) in [5, 5.41) is 2.97. The van der Waals surface area contributed by atoms with Gasteiger partial charge in [0.15, 0.2) is 0 Å². The number of hydrogen-bond donors (Lipinski definition) is 1. The van der Waals surface area contributed by atoms with Crippen LogP contribution in [0, 0.1) is 5.41 Å². The van der Waals surface area contributed by atoms with E-state index >= 15 is 0 Å². The van der Waals surface area contributed by atoms with E-state index in [4.69, 9.17) is 23.2 Å². The van der Waals surface area contributed by atoms with Gasteiger partial charge in [-0.25, -0.2) is 0 Å². The minimum atomic E-state index is -0.884. The van der Waals surface area contributed by atoms with Gasteiger partial charge in [0, 0.05) is 38.4 Å². The summed E-state index contributed by atoms with van der Waals surface area (Å²) in [5.74, 6) is -0.0265. The summed E-state index contributed by atoms with van der Waals surface area (Å²) in [7, 11) is 0. The van der Waals surface area contributed by atoms with Gasteiger partial charge in [0.1, 0.15) is 4.33 Å². The molecule has 4 nitrogen and oxygen atoms in total. The number of piperazine rings is 1. The predicted octanol–water partition coefficient (Wildman–Crippen LogP) is 2.90. The van der Waals surface area contributed by atoms with Crippen LogP contribution in [0.15, 0.2) is 30.3 Å². The highest BCUT2D eigenvalue weighted by molar-refractivity contribution is 6.53. The molecule has 1 heterocycles. The van der Waals surface area contributed by atoms with Crippen LogP contribution in [-0.2, 0) is 4.79 Å². The lowest BCUT2D eigenvalue weighted by Crippen LogP contribution is -2.47. The van der Waals surface area contributed by atoms with Crippen LogP contribution in [-0.4, -0.2) is 54.4 Å². The Morgan fingerprint density at radius 3 is 2.38 bits per heavy atom. The van der Waals surface area contributed by atoms with E-state index in [1.807, 2.05) is 6.92 Å². The van der Waals surface area contributed by atoms with Gasteiger partial charge in [-0.05, 0) is 38.4 Å². The van der Waals surface area contributed by atoms with Crippen LogP contribution in [0.25, 0.3) is 0 Å². The molecule has 1 saturated carbocycles. The largest absolute Gasteiger partial charge is 0.369 e. The Balaban J connectivity index is 1.32. The molecule has 2 fully saturated rings. The molecule has 132 valence electrons. The number of nitrogens with one attached hydrogen (secondary N) is 1. The molecule has 1 aliphatic carbocycles. The Bertz CT molecular complexity index is 573. The Hall–Kier alpha value is -0.970. The standard InChI is InChI=1S/C18H25Cl2N3O/c1-17(14-18(17,19)20)16(24)21-8-5-9-22-10-12-23(13-11-22)15-6-3-2-4-7-15/h2-4,6-7H,5,8-14H2,1H3,(H,21,24). The van der Waals surface area contributed by atoms with E-state index < -0.39 is 9.75 Å². The molecule has 2 aliphatic rings. The Labute approximate surface area is 154 Å². The van der Waals surface area contributed by atoms with Crippen LogP contribution in [0.2, 0.25) is 0 Å². The fraction of sp³-hybridized carbons (Fsp3) is 0.611. The molecular formula is C18H25Cl2N3O. The summed E-state index contributed by atoms with van der Waals surface area (Å²) in [4.78, 5) is 17.0. The Morgan fingerprint density at radius 1 is 1.17 bits per heavy atom. The van der Waals surface area contributed by atoms with E-state index in [9.17, 15) is 4.79 Å². The van der Waals surface area contributed by atoms with Gasteiger partial charge in [-0.1, -0.05) is 18.2 Å². The fourth-order valence-corrected chi connectivity index (χ4v) is 3.92. The third-order valence-electron chi connectivity index (χ3n) is 5.19. The molecule has 1 saturated heterocycles. The summed E-state index contributed by atoms with van der Waals surface area (Å²) < 4.78 is -0.884. The van der Waals surface area contributed by atoms with Gasteiger partial charge in [-0.15, -0.1) is 23.2 Å². The molecule has 1 aliphatic heterocycles. The molecule has 1 N–H and O–H groups in total. The number of carbonyl (C=O) groups is 1. The number of para-hydroxylation sites is 1. The van der Waals surface area contributed by atoms with Crippen molar-refractivity contribution in [2.24, 2.45) is 5.41 Å². The normalized spacial score (nSPS) is 26.2. The second-order valence-corrected chi connectivity index (χ2v) is 8.47. The molecule has 24 heavy (non-hydrogen) atoms. The number of hydrogen-bond acceptors (Lipinski definition) is 3. The van der Waals surface area contributed by atoms with Crippen LogP contribution in [0.1, 0.15) is 19.8 Å². The van der Waals surface area contributed by atoms with Gasteiger partial charge in [0.2, 0.25) is 5.91 Å². The van der Waals surface area contributed by atoms with E-state index in [2.05, 4.69) is 45.4 Å². The minimum Gasteiger partial charge on any atom is -0.369 e. The summed E-state index contributed by atoms with van der Waals surface area (Å²) in [6.45, 7) is 7.74. The van der Waals surface area contributed by atoms with E-state index in [1.165, 1.54) is 5.69 Å². The zero-order valence-corrected chi connectivity index (χ0v) is 15.6. The molecule has 1 aromatic carbocycles. The summed E-state index contributed by atoms with van der Waals surface area (Å²) in [6.07, 6.45) is 1.49. The third-order valence-corrected chi connectivity index (χ3v) is 6.29. The minimum absolute atomic E-state index is 0.0265. The van der Waals surface area contributed by atoms with Crippen LogP contribution in [0.3, 0.4) is 0 Å². The SMILES string of the molecule is CC1(C(=O)NCCCN2CCN(c3ccccc3)CC2)CC1(Cl)Cl. The fourth-order valence-electron chi connectivity index (χ4n) is 3.21. The van der Waals surface area contributed by atoms with Gasteiger partial charge in [-0.2, -0.15) is 0 Å². The Morgan fingerprint density at radius 2 is 1.79 bits per heavy atom. The van der Waals surface area contributed by atoms with Crippen LogP contribution < -0.4 is 10.2 Å². The summed E-state index contributed by atoms with van der Waals surface area (Å²) in [5.41, 5.74) is 0.685. The molecule has 0 aromatic heterocycles. The van der Waals surface area contributed by atoms with Crippen LogP contribution in [0.4, 0.5) is 5.69 Å². The van der Waals surface area contributed by atoms with E-state index in [0.717, 1.165) is 39.1 Å². The van der Waals surface area contributed by atoms with E-state index in [0.29, 0.717) is 13.0 Å². The first-order valence-corrected chi connectivity index (χ1v) is 9.36. The highest BCUT2D eigenvalue weighted by Crippen LogP contribution is 2.63. The van der Waals surface area contributed by atoms with Gasteiger partial charge in [0.05, 0.1) is 5.41 Å². The lowest BCUT2D eigenvalue weighted by Gasteiger charge is -2.36. The zero-order valence-electron chi connectivity index (χ0n) is 14.1. The van der Waals surface area contributed by atoms with Crippen molar-refractivity contribution < 1.29 is 4.79 Å². The maximum Gasteiger partial charge on any atom is 0.229 e. The number of carbonyl (C=O) groups excluding carboxylic acids is 1. The first-order chi connectivity index (χ1) is 11.4. The lowest BCUT2D eigenvalue weighted by atomic mass is 10.1. The van der Waals surface area contributed by atoms with Gasteiger partial charge < -0.3 is 10.2 Å². The maximum atomic E-state index is 12.1. The molecule has 0 radical (unpaired) electrons. The van der Waals surface area contributed by atoms with E-state index in [-0.39, 0.29) is 5.91 Å². The summed E-state index contributed by atoms with van der Waals surface area (Å²) >= 11 is 12.1. The second-order valence-electron chi connectivity index (χ2n) is 6.99. The molecule has 3 rings (SSSR count). The topological polar surface area (TPSA) is 35.6 Å². The summed E-state index contributed by atoms with van der Waals surface area (Å²) in [6, 6.07) is 10.5. The first kappa shape index (κ1) is 17.8. The van der Waals surface area contributed by atoms with Crippen molar-refractivity contribution in [2.45, 2.75) is 24.1 Å². The molecule has 1 amide bonds. The van der Waals surface area contributed by atoms with Crippen molar-refractivity contribution in [3.05, 3.63) is 30.3 Å². The van der Waals surface area contributed by atoms with E-state index in [1.54, 1.807) is 0 Å². The van der Waals surface area contributed by atoms with Crippen molar-refractivity contribution in [3.63, 3.8) is 0 Å². The zero-order chi connectivity index (χ0) is 17.2. The van der Waals surface area contributed by atoms with Crippen molar-refractivity contribution in [1.82, 2.24) is 10.2 Å². The highest BCUT2D eigenvalue weighted by atomic mass is 35.5. The number of nitrogens with zero attached hydrogens (tertiary/aromatic N) is 2. The average molecular weight is 370 g/mol. The molecular weight excluding hydrogens is 345 g/mol. The number of anilines is 1. The molecule has 1 unspecified atom stereocenters. The number of rotatable bonds is 6. The smallest absolute Gasteiger partial charge is 0.229 e. The molecule has 6 heteroatoms. The van der Waals surface area contributed by atoms with Crippen LogP contribution in [0.5, 0.6) is 0 Å². The quantitative estimate of drug-likeness (QED) is 0.618. The molecule has 0 bridgehead atoms. The first-order valence-electron chi connectivity index (χ1n) is 8.61. The van der Waals surface area contributed by atoms with Crippen molar-refractivity contribution in [3.8, 4) is 0 Å². The number of halogens is 2. The van der Waals surface area contributed by atoms with Crippen molar-refractivity contribution in [1.29, 1.82) is 0 Å². The van der Waals surface area contributed by atoms with Crippen molar-refractivity contribution in [2.75, 3.05) is 44.2 Å². The highest BCUT2D eigenvalue weighted by Gasteiger charge is 2.67. The average Bonchev–Trinajstić information content (AvgIpc) is 3.12. The van der Waals surface area contributed by atoms with Crippen LogP contribution >= 0.6 is 23.2 Å². The van der Waals surface area contributed by atoms with Gasteiger partial charge in [-0.3, -0.25) is 9.69 Å².